The average Bonchev–Trinajstić information content (AvgIpc) is 3.88. The minimum Gasteiger partial charge on any atom is -0.207 e. The standard InChI is InChI=1S/C64H32F4/c65-35-19-21-45(51(67)31-35)57-39-17-9-7-15-37(39)53(33-11-3-1-4-12-33)61-47-27-23-41-42-24-28-48-60-50(30-26-44(56(42)60)43-25-29-49(63(57)61)59(47)55(41)43)64-58(46-22-20-36(66)32-52(46)68)40-18-10-8-16-38(40)54(62(48)64)34-13-5-2-6-14-34/h1-32H. The van der Waals surface area contributed by atoms with Gasteiger partial charge in [-0.15, -0.1) is 0 Å². The van der Waals surface area contributed by atoms with Crippen LogP contribution in [0.15, 0.2) is 194 Å². The van der Waals surface area contributed by atoms with Crippen LogP contribution in [-0.4, -0.2) is 0 Å². The van der Waals surface area contributed by atoms with Crippen molar-refractivity contribution < 1.29 is 17.6 Å². The summed E-state index contributed by atoms with van der Waals surface area (Å²) in [6, 6.07) is 62.8. The van der Waals surface area contributed by atoms with Crippen molar-refractivity contribution in [3.05, 3.63) is 217 Å². The Kier molecular flexibility index (Phi) is 7.46. The molecule has 316 valence electrons. The third-order valence-corrected chi connectivity index (χ3v) is 14.9. The van der Waals surface area contributed by atoms with Gasteiger partial charge in [-0.05, 0) is 156 Å². The van der Waals surface area contributed by atoms with Gasteiger partial charge in [-0.3, -0.25) is 0 Å². The van der Waals surface area contributed by atoms with Gasteiger partial charge in [-0.25, -0.2) is 17.6 Å². The second-order valence-electron chi connectivity index (χ2n) is 18.2. The van der Waals surface area contributed by atoms with Crippen molar-refractivity contribution in [3.8, 4) is 89.0 Å². The molecule has 0 amide bonds. The molecule has 0 bridgehead atoms. The Morgan fingerprint density at radius 1 is 0.206 bits per heavy atom. The fourth-order valence-electron chi connectivity index (χ4n) is 12.4. The molecule has 2 aliphatic rings. The zero-order valence-electron chi connectivity index (χ0n) is 36.0. The highest BCUT2D eigenvalue weighted by molar-refractivity contribution is 6.42. The number of fused-ring (bicyclic) bond motifs is 10. The lowest BCUT2D eigenvalue weighted by Gasteiger charge is -2.20. The van der Waals surface area contributed by atoms with Crippen LogP contribution in [0.25, 0.3) is 154 Å². The zero-order chi connectivity index (χ0) is 45.1. The van der Waals surface area contributed by atoms with E-state index < -0.39 is 23.3 Å². The Labute approximate surface area is 386 Å². The highest BCUT2D eigenvalue weighted by atomic mass is 19.1. The van der Waals surface area contributed by atoms with Gasteiger partial charge in [0.15, 0.2) is 0 Å². The van der Waals surface area contributed by atoms with Crippen molar-refractivity contribution in [3.63, 3.8) is 0 Å². The van der Waals surface area contributed by atoms with Crippen LogP contribution in [0.3, 0.4) is 0 Å². The van der Waals surface area contributed by atoms with Gasteiger partial charge in [0, 0.05) is 34.4 Å². The number of benzene rings is 13. The maximum Gasteiger partial charge on any atom is 0.133 e. The second-order valence-corrected chi connectivity index (χ2v) is 18.2. The normalized spacial score (nSPS) is 12.4. The molecule has 0 saturated carbocycles. The molecule has 4 heteroatoms. The molecule has 0 saturated heterocycles. The fourth-order valence-corrected chi connectivity index (χ4v) is 12.4. The minimum absolute atomic E-state index is 0.353. The van der Waals surface area contributed by atoms with Crippen LogP contribution in [0.2, 0.25) is 0 Å². The molecule has 2 aliphatic carbocycles. The van der Waals surface area contributed by atoms with Crippen LogP contribution >= 0.6 is 0 Å². The van der Waals surface area contributed by atoms with Gasteiger partial charge < -0.3 is 0 Å². The smallest absolute Gasteiger partial charge is 0.133 e. The summed E-state index contributed by atoms with van der Waals surface area (Å²) in [5.74, 6) is -2.46. The maximum absolute atomic E-state index is 16.3. The first kappa shape index (κ1) is 37.6. The van der Waals surface area contributed by atoms with E-state index in [4.69, 9.17) is 0 Å². The lowest BCUT2D eigenvalue weighted by molar-refractivity contribution is 0.585. The summed E-state index contributed by atoms with van der Waals surface area (Å²) in [6.45, 7) is 0. The maximum atomic E-state index is 16.3. The van der Waals surface area contributed by atoms with Crippen LogP contribution in [0.4, 0.5) is 17.6 Å². The topological polar surface area (TPSA) is 0 Å². The molecule has 0 fully saturated rings. The molecule has 0 nitrogen and oxygen atoms in total. The highest BCUT2D eigenvalue weighted by Crippen LogP contribution is 2.63. The molecule has 0 heterocycles. The third kappa shape index (κ3) is 4.78. The molecule has 0 unspecified atom stereocenters. The summed E-state index contributed by atoms with van der Waals surface area (Å²) < 4.78 is 61.9. The van der Waals surface area contributed by atoms with Gasteiger partial charge >= 0.3 is 0 Å². The first-order chi connectivity index (χ1) is 33.4. The molecule has 0 aliphatic heterocycles. The van der Waals surface area contributed by atoms with Crippen molar-refractivity contribution in [1.29, 1.82) is 0 Å². The van der Waals surface area contributed by atoms with Gasteiger partial charge in [0.05, 0.1) is 0 Å². The molecule has 13 aromatic carbocycles. The lowest BCUT2D eigenvalue weighted by atomic mass is 9.82. The molecule has 0 N–H and O–H groups in total. The molecule has 0 spiro atoms. The van der Waals surface area contributed by atoms with Gasteiger partial charge in [-0.2, -0.15) is 0 Å². The van der Waals surface area contributed by atoms with E-state index in [9.17, 15) is 8.78 Å². The van der Waals surface area contributed by atoms with E-state index in [1.165, 1.54) is 12.1 Å². The third-order valence-electron chi connectivity index (χ3n) is 14.9. The Bertz CT molecular complexity index is 4090. The highest BCUT2D eigenvalue weighted by Gasteiger charge is 2.36. The SMILES string of the molecule is Fc1ccc(-c2c3c(c(-c4ccccc4)c4ccccc24)-c2ccc4c5ccc6c7c(ccc(c8ccc-3c2c48)c75)-c2c-6c(-c3ccccc3)c3ccccc3c2-c2ccc(F)cc2F)c(F)c1. The first-order valence-electron chi connectivity index (χ1n) is 22.9. The largest absolute Gasteiger partial charge is 0.207 e. The quantitative estimate of drug-likeness (QED) is 0.0939. The molecular weight excluding hydrogens is 845 g/mol. The molecule has 13 aromatic rings. The Balaban J connectivity index is 1.08. The lowest BCUT2D eigenvalue weighted by Crippen LogP contribution is -1.95. The molecule has 68 heavy (non-hydrogen) atoms. The molecule has 0 atom stereocenters. The van der Waals surface area contributed by atoms with E-state index in [0.717, 1.165) is 155 Å². The van der Waals surface area contributed by atoms with Crippen LogP contribution in [0, 0.1) is 23.3 Å². The number of rotatable bonds is 4. The first-order valence-corrected chi connectivity index (χ1v) is 22.9. The van der Waals surface area contributed by atoms with Crippen molar-refractivity contribution >= 4 is 64.6 Å². The van der Waals surface area contributed by atoms with Gasteiger partial charge in [0.25, 0.3) is 0 Å². The van der Waals surface area contributed by atoms with Crippen molar-refractivity contribution in [2.45, 2.75) is 0 Å². The van der Waals surface area contributed by atoms with Crippen molar-refractivity contribution in [2.24, 2.45) is 0 Å². The minimum atomic E-state index is -0.621. The van der Waals surface area contributed by atoms with Crippen LogP contribution < -0.4 is 0 Å². The summed E-state index contributed by atoms with van der Waals surface area (Å²) >= 11 is 0. The fraction of sp³-hybridized carbons (Fsp3) is 0. The van der Waals surface area contributed by atoms with Crippen molar-refractivity contribution in [2.75, 3.05) is 0 Å². The summed E-state index contributed by atoms with van der Waals surface area (Å²) in [4.78, 5) is 0. The molecular formula is C64H32F4. The van der Waals surface area contributed by atoms with E-state index in [1.54, 1.807) is 12.1 Å². The van der Waals surface area contributed by atoms with E-state index in [-0.39, 0.29) is 0 Å². The monoisotopic (exact) mass is 876 g/mol. The summed E-state index contributed by atoms with van der Waals surface area (Å²) in [7, 11) is 0. The van der Waals surface area contributed by atoms with E-state index in [2.05, 4.69) is 121 Å². The average molecular weight is 877 g/mol. The van der Waals surface area contributed by atoms with Gasteiger partial charge in [-0.1, -0.05) is 158 Å². The van der Waals surface area contributed by atoms with Crippen molar-refractivity contribution in [1.82, 2.24) is 0 Å². The second kappa shape index (κ2) is 13.5. The van der Waals surface area contributed by atoms with Crippen LogP contribution in [-0.2, 0) is 0 Å². The van der Waals surface area contributed by atoms with Gasteiger partial charge in [0.1, 0.15) is 23.3 Å². The number of hydrogen-bond donors (Lipinski definition) is 0. The zero-order valence-corrected chi connectivity index (χ0v) is 36.0. The summed E-state index contributed by atoms with van der Waals surface area (Å²) in [5, 5.41) is 12.6. The Morgan fingerprint density at radius 3 is 0.838 bits per heavy atom. The molecule has 0 aromatic heterocycles. The van der Waals surface area contributed by atoms with E-state index >= 15 is 8.78 Å². The molecule has 0 radical (unpaired) electrons. The summed E-state index contributed by atoms with van der Waals surface area (Å²) in [5.41, 5.74) is 14.5. The van der Waals surface area contributed by atoms with E-state index in [1.807, 2.05) is 36.4 Å². The number of halogens is 4. The van der Waals surface area contributed by atoms with Crippen LogP contribution in [0.5, 0.6) is 0 Å². The number of hydrogen-bond acceptors (Lipinski definition) is 0. The predicted molar refractivity (Wildman–Crippen MR) is 273 cm³/mol. The summed E-state index contributed by atoms with van der Waals surface area (Å²) in [6.07, 6.45) is 0. The Hall–Kier alpha value is -8.60. The van der Waals surface area contributed by atoms with E-state index in [0.29, 0.717) is 11.1 Å². The van der Waals surface area contributed by atoms with Crippen LogP contribution in [0.1, 0.15) is 0 Å². The molecule has 15 rings (SSSR count). The predicted octanol–water partition coefficient (Wildman–Crippen LogP) is 18.6. The van der Waals surface area contributed by atoms with Gasteiger partial charge in [0.2, 0.25) is 0 Å². The Morgan fingerprint density at radius 2 is 0.500 bits per heavy atom.